The van der Waals surface area contributed by atoms with Crippen LogP contribution in [0.25, 0.3) is 11.1 Å². The number of rotatable bonds is 9. The van der Waals surface area contributed by atoms with Gasteiger partial charge in [0.25, 0.3) is 0 Å². The third-order valence-electron chi connectivity index (χ3n) is 4.91. The molecule has 8 heteroatoms. The molecule has 2 aromatic carbocycles. The normalized spacial score (nSPS) is 11.7. The number of benzene rings is 2. The largest absolute Gasteiger partial charge is 0.383 e. The molecule has 0 aliphatic carbocycles. The molecular formula is C24H30N6O2. The summed E-state index contributed by atoms with van der Waals surface area (Å²) >= 11 is 0. The van der Waals surface area contributed by atoms with Crippen LogP contribution in [0.3, 0.4) is 0 Å². The summed E-state index contributed by atoms with van der Waals surface area (Å²) in [6.45, 7) is 4.75. The highest BCUT2D eigenvalue weighted by Gasteiger charge is 2.15. The van der Waals surface area contributed by atoms with Crippen LogP contribution in [0.1, 0.15) is 37.9 Å². The van der Waals surface area contributed by atoms with E-state index in [2.05, 4.69) is 27.5 Å². The highest BCUT2D eigenvalue weighted by molar-refractivity contribution is 5.90. The minimum atomic E-state index is -0.232. The topological polar surface area (TPSA) is 128 Å². The predicted octanol–water partition coefficient (Wildman–Crippen LogP) is 4.33. The van der Waals surface area contributed by atoms with Gasteiger partial charge in [0.2, 0.25) is 5.95 Å². The predicted molar refractivity (Wildman–Crippen MR) is 128 cm³/mol. The van der Waals surface area contributed by atoms with E-state index in [4.69, 9.17) is 16.2 Å². The van der Waals surface area contributed by atoms with Gasteiger partial charge in [0.1, 0.15) is 5.82 Å². The van der Waals surface area contributed by atoms with Gasteiger partial charge in [-0.1, -0.05) is 55.8 Å². The maximum atomic E-state index is 12.1. The lowest BCUT2D eigenvalue weighted by Crippen LogP contribution is -2.35. The van der Waals surface area contributed by atoms with Gasteiger partial charge < -0.3 is 26.8 Å². The summed E-state index contributed by atoms with van der Waals surface area (Å²) in [5, 5.41) is 5.76. The molecule has 1 heterocycles. The Bertz CT molecular complexity index is 1020. The van der Waals surface area contributed by atoms with Crippen molar-refractivity contribution in [3.8, 4) is 11.1 Å². The van der Waals surface area contributed by atoms with Crippen molar-refractivity contribution < 1.29 is 9.53 Å². The summed E-state index contributed by atoms with van der Waals surface area (Å²) in [5.41, 5.74) is 15.8. The number of hydrogen-bond acceptors (Lipinski definition) is 6. The van der Waals surface area contributed by atoms with Crippen LogP contribution in [-0.2, 0) is 18.0 Å². The van der Waals surface area contributed by atoms with Gasteiger partial charge in [-0.05, 0) is 36.6 Å². The molecule has 0 aliphatic heterocycles. The van der Waals surface area contributed by atoms with Crippen molar-refractivity contribution >= 4 is 23.5 Å². The van der Waals surface area contributed by atoms with Crippen LogP contribution in [0.4, 0.5) is 22.2 Å². The van der Waals surface area contributed by atoms with Crippen LogP contribution in [0, 0.1) is 0 Å². The Kier molecular flexibility index (Phi) is 7.99. The zero-order valence-corrected chi connectivity index (χ0v) is 18.5. The van der Waals surface area contributed by atoms with E-state index in [1.807, 2.05) is 61.5 Å². The number of amides is 2. The van der Waals surface area contributed by atoms with Gasteiger partial charge in [-0.15, -0.1) is 0 Å². The van der Waals surface area contributed by atoms with E-state index < -0.39 is 0 Å². The van der Waals surface area contributed by atoms with Crippen molar-refractivity contribution in [2.75, 3.05) is 16.8 Å². The van der Waals surface area contributed by atoms with E-state index in [0.29, 0.717) is 23.6 Å². The molecule has 0 radical (unpaired) electrons. The third-order valence-corrected chi connectivity index (χ3v) is 4.91. The van der Waals surface area contributed by atoms with E-state index in [0.717, 1.165) is 24.0 Å². The molecule has 168 valence electrons. The van der Waals surface area contributed by atoms with Crippen molar-refractivity contribution in [2.45, 2.75) is 45.9 Å². The molecule has 0 fully saturated rings. The number of nitrogens with one attached hydrogen (secondary N) is 2. The zero-order chi connectivity index (χ0) is 22.9. The Labute approximate surface area is 188 Å². The Morgan fingerprint density at radius 1 is 1.03 bits per heavy atom. The summed E-state index contributed by atoms with van der Waals surface area (Å²) < 4.78 is 5.84. The summed E-state index contributed by atoms with van der Waals surface area (Å²) in [4.78, 5) is 20.6. The van der Waals surface area contributed by atoms with Crippen LogP contribution in [-0.4, -0.2) is 22.0 Å². The van der Waals surface area contributed by atoms with E-state index in [1.165, 1.54) is 0 Å². The van der Waals surface area contributed by atoms with Crippen molar-refractivity contribution in [3.05, 3.63) is 65.9 Å². The summed E-state index contributed by atoms with van der Waals surface area (Å²) in [6, 6.07) is 17.1. The molecule has 0 aliphatic rings. The average molecular weight is 435 g/mol. The van der Waals surface area contributed by atoms with Crippen LogP contribution < -0.4 is 22.1 Å². The molecule has 3 rings (SSSR count). The SMILES string of the molecule is CCCC(C)NC(=O)Nc1ccc(-c2c(N)nc(N)nc2COCc2ccccc2)cc1. The maximum absolute atomic E-state index is 12.1. The highest BCUT2D eigenvalue weighted by Crippen LogP contribution is 2.30. The quantitative estimate of drug-likeness (QED) is 0.397. The van der Waals surface area contributed by atoms with Gasteiger partial charge in [-0.2, -0.15) is 4.98 Å². The number of ether oxygens (including phenoxy) is 1. The Morgan fingerprint density at radius 3 is 2.44 bits per heavy atom. The zero-order valence-electron chi connectivity index (χ0n) is 18.5. The van der Waals surface area contributed by atoms with Gasteiger partial charge >= 0.3 is 6.03 Å². The summed E-state index contributed by atoms with van der Waals surface area (Å²) in [5.74, 6) is 0.378. The smallest absolute Gasteiger partial charge is 0.319 e. The Hall–Kier alpha value is -3.65. The van der Waals surface area contributed by atoms with E-state index in [-0.39, 0.29) is 30.4 Å². The van der Waals surface area contributed by atoms with Gasteiger partial charge in [-0.3, -0.25) is 0 Å². The lowest BCUT2D eigenvalue weighted by molar-refractivity contribution is 0.105. The number of carbonyl (C=O) groups is 1. The number of nitrogens with zero attached hydrogens (tertiary/aromatic N) is 2. The van der Waals surface area contributed by atoms with Crippen LogP contribution in [0.15, 0.2) is 54.6 Å². The number of nitrogens with two attached hydrogens (primary N) is 2. The second-order valence-corrected chi connectivity index (χ2v) is 7.63. The molecule has 0 spiro atoms. The third kappa shape index (κ3) is 6.42. The number of nitrogen functional groups attached to an aromatic ring is 2. The minimum absolute atomic E-state index is 0.0979. The fraction of sp³-hybridized carbons (Fsp3) is 0.292. The molecular weight excluding hydrogens is 404 g/mol. The molecule has 32 heavy (non-hydrogen) atoms. The van der Waals surface area contributed by atoms with E-state index in [1.54, 1.807) is 0 Å². The molecule has 1 aromatic heterocycles. The standard InChI is InChI=1S/C24H30N6O2/c1-3-7-16(2)27-24(31)28-19-12-10-18(11-13-19)21-20(29-23(26)30-22(21)25)15-32-14-17-8-5-4-6-9-17/h4-6,8-13,16H,3,7,14-15H2,1-2H3,(H2,27,28,31)(H4,25,26,29,30). The second kappa shape index (κ2) is 11.1. The molecule has 0 bridgehead atoms. The number of anilines is 3. The fourth-order valence-corrected chi connectivity index (χ4v) is 3.42. The van der Waals surface area contributed by atoms with Gasteiger partial charge in [-0.25, -0.2) is 9.78 Å². The van der Waals surface area contributed by atoms with Crippen molar-refractivity contribution in [1.82, 2.24) is 15.3 Å². The maximum Gasteiger partial charge on any atom is 0.319 e. The van der Waals surface area contributed by atoms with Crippen molar-refractivity contribution in [3.63, 3.8) is 0 Å². The van der Waals surface area contributed by atoms with Crippen LogP contribution in [0.2, 0.25) is 0 Å². The number of aromatic nitrogens is 2. The summed E-state index contributed by atoms with van der Waals surface area (Å²) in [7, 11) is 0. The molecule has 3 aromatic rings. The van der Waals surface area contributed by atoms with E-state index >= 15 is 0 Å². The molecule has 2 amide bonds. The number of carbonyl (C=O) groups excluding carboxylic acids is 1. The highest BCUT2D eigenvalue weighted by atomic mass is 16.5. The first-order valence-electron chi connectivity index (χ1n) is 10.7. The average Bonchev–Trinajstić information content (AvgIpc) is 2.75. The summed E-state index contributed by atoms with van der Waals surface area (Å²) in [6.07, 6.45) is 1.94. The number of hydrogen-bond donors (Lipinski definition) is 4. The lowest BCUT2D eigenvalue weighted by atomic mass is 10.0. The molecule has 0 saturated carbocycles. The number of urea groups is 1. The first-order valence-corrected chi connectivity index (χ1v) is 10.7. The van der Waals surface area contributed by atoms with Crippen molar-refractivity contribution in [2.24, 2.45) is 0 Å². The molecule has 0 saturated heterocycles. The first kappa shape index (κ1) is 23.0. The van der Waals surface area contributed by atoms with Crippen LogP contribution >= 0.6 is 0 Å². The van der Waals surface area contributed by atoms with Crippen molar-refractivity contribution in [1.29, 1.82) is 0 Å². The molecule has 6 N–H and O–H groups in total. The fourth-order valence-electron chi connectivity index (χ4n) is 3.42. The first-order chi connectivity index (χ1) is 15.5. The Balaban J connectivity index is 1.71. The molecule has 1 atom stereocenters. The second-order valence-electron chi connectivity index (χ2n) is 7.63. The van der Waals surface area contributed by atoms with Gasteiger partial charge in [0.05, 0.1) is 18.9 Å². The minimum Gasteiger partial charge on any atom is -0.383 e. The lowest BCUT2D eigenvalue weighted by Gasteiger charge is -2.15. The van der Waals surface area contributed by atoms with Gasteiger partial charge in [0, 0.05) is 17.3 Å². The Morgan fingerprint density at radius 2 is 1.75 bits per heavy atom. The van der Waals surface area contributed by atoms with Crippen LogP contribution in [0.5, 0.6) is 0 Å². The molecule has 8 nitrogen and oxygen atoms in total. The monoisotopic (exact) mass is 434 g/mol. The molecule has 1 unspecified atom stereocenters. The van der Waals surface area contributed by atoms with Gasteiger partial charge in [0.15, 0.2) is 0 Å². The van der Waals surface area contributed by atoms with E-state index in [9.17, 15) is 4.79 Å².